The van der Waals surface area contributed by atoms with Crippen molar-refractivity contribution in [2.24, 2.45) is 11.8 Å². The maximum absolute atomic E-state index is 14.0. The molecule has 1 aliphatic carbocycles. The molecule has 1 saturated heterocycles. The summed E-state index contributed by atoms with van der Waals surface area (Å²) in [6.45, 7) is 9.55. The number of Topliss-reactive ketones (excluding diaryl/α,β-unsaturated/α-hetero) is 1. The third-order valence-corrected chi connectivity index (χ3v) is 11.9. The minimum absolute atomic E-state index is 0.00408. The molecule has 1 aromatic heterocycles. The summed E-state index contributed by atoms with van der Waals surface area (Å²) in [5.74, 6) is -0.680. The van der Waals surface area contributed by atoms with Crippen molar-refractivity contribution in [1.29, 1.82) is 0 Å². The molecule has 54 heavy (non-hydrogen) atoms. The van der Waals surface area contributed by atoms with Gasteiger partial charge in [-0.2, -0.15) is 0 Å². The minimum atomic E-state index is -3.90. The van der Waals surface area contributed by atoms with E-state index in [-0.39, 0.29) is 66.8 Å². The molecule has 3 heterocycles. The Morgan fingerprint density at radius 2 is 1.57 bits per heavy atom. The molecule has 12 nitrogen and oxygen atoms in total. The van der Waals surface area contributed by atoms with E-state index in [4.69, 9.17) is 9.47 Å². The van der Waals surface area contributed by atoms with Crippen molar-refractivity contribution in [1.82, 2.24) is 14.9 Å². The first kappa shape index (κ1) is 37.0. The molecule has 1 fully saturated rings. The Balaban J connectivity index is 1.06. The number of sulfonamides is 1. The lowest BCUT2D eigenvalue weighted by Crippen LogP contribution is -2.49. The number of carbonyl (C=O) groups excluding carboxylic acids is 3. The maximum Gasteiger partial charge on any atom is 0.416 e. The summed E-state index contributed by atoms with van der Waals surface area (Å²) in [7, 11) is -3.90. The molecule has 0 radical (unpaired) electrons. The predicted molar refractivity (Wildman–Crippen MR) is 204 cm³/mol. The zero-order valence-corrected chi connectivity index (χ0v) is 32.0. The van der Waals surface area contributed by atoms with Crippen LogP contribution in [0, 0.1) is 18.8 Å². The van der Waals surface area contributed by atoms with Gasteiger partial charge in [-0.05, 0) is 74.4 Å². The average Bonchev–Trinajstić information content (AvgIpc) is 3.71. The lowest BCUT2D eigenvalue weighted by molar-refractivity contribution is -0.123. The number of piperidine rings is 1. The number of anilines is 2. The van der Waals surface area contributed by atoms with Gasteiger partial charge in [0.15, 0.2) is 17.4 Å². The zero-order valence-electron chi connectivity index (χ0n) is 31.2. The fraction of sp³-hybridized carbons (Fsp3) is 0.390. The number of hydrogen-bond donors (Lipinski definition) is 0. The minimum Gasteiger partial charge on any atom is -0.448 e. The smallest absolute Gasteiger partial charge is 0.416 e. The number of ketones is 1. The lowest BCUT2D eigenvalue weighted by atomic mass is 9.87. The van der Waals surface area contributed by atoms with Gasteiger partial charge in [0, 0.05) is 37.9 Å². The molecule has 0 bridgehead atoms. The molecule has 0 saturated carbocycles. The fourth-order valence-electron chi connectivity index (χ4n) is 7.56. The van der Waals surface area contributed by atoms with E-state index in [1.165, 1.54) is 10.5 Å². The summed E-state index contributed by atoms with van der Waals surface area (Å²) < 4.78 is 39.9. The van der Waals surface area contributed by atoms with Crippen LogP contribution in [0.25, 0.3) is 11.1 Å². The van der Waals surface area contributed by atoms with Gasteiger partial charge in [-0.3, -0.25) is 9.69 Å². The molecule has 4 aromatic rings. The van der Waals surface area contributed by atoms with Crippen LogP contribution in [0.5, 0.6) is 0 Å². The first-order valence-corrected chi connectivity index (χ1v) is 19.7. The number of aromatic nitrogens is 2. The van der Waals surface area contributed by atoms with E-state index in [0.29, 0.717) is 18.7 Å². The Morgan fingerprint density at radius 3 is 2.22 bits per heavy atom. The van der Waals surface area contributed by atoms with E-state index in [1.54, 1.807) is 49.9 Å². The van der Waals surface area contributed by atoms with Crippen molar-refractivity contribution < 1.29 is 32.3 Å². The molecule has 3 aliphatic rings. The molecule has 13 heteroatoms. The number of nitrogens with zero attached hydrogens (tertiary/aromatic N) is 5. The number of amides is 2. The van der Waals surface area contributed by atoms with Crippen LogP contribution in [0.1, 0.15) is 62.4 Å². The number of fused-ring (bicyclic) bond motifs is 4. The second-order valence-electron chi connectivity index (χ2n) is 15.4. The number of likely N-dealkylation sites (tertiary alicyclic amines) is 1. The summed E-state index contributed by atoms with van der Waals surface area (Å²) in [6, 6.07) is 22.9. The van der Waals surface area contributed by atoms with Crippen LogP contribution in [0.3, 0.4) is 0 Å². The highest BCUT2D eigenvalue weighted by Gasteiger charge is 2.38. The Bertz CT molecular complexity index is 2160. The van der Waals surface area contributed by atoms with Crippen molar-refractivity contribution in [3.63, 3.8) is 0 Å². The zero-order chi connectivity index (χ0) is 38.4. The fourth-order valence-corrected chi connectivity index (χ4v) is 9.01. The molecular formula is C41H45N5O7S. The third-order valence-electron chi connectivity index (χ3n) is 10.1. The molecule has 282 valence electrons. The third kappa shape index (κ3) is 7.41. The van der Waals surface area contributed by atoms with E-state index in [1.807, 2.05) is 38.1 Å². The average molecular weight is 752 g/mol. The SMILES string of the molecule is Cc1ccc(S(=O)(=O)N2CCc3nc(N(CC(=O)C4CC(C)CN(C(=O)OCC5c6ccccc6-c6ccccc65)C4)C(=O)OC(C)(C)C)cnc32)cc1. The maximum atomic E-state index is 14.0. The molecule has 2 atom stereocenters. The highest BCUT2D eigenvalue weighted by Crippen LogP contribution is 2.44. The van der Waals surface area contributed by atoms with E-state index < -0.39 is 33.7 Å². The van der Waals surface area contributed by atoms with Gasteiger partial charge in [0.2, 0.25) is 0 Å². The second kappa shape index (κ2) is 14.5. The summed E-state index contributed by atoms with van der Waals surface area (Å²) in [4.78, 5) is 53.2. The van der Waals surface area contributed by atoms with Crippen molar-refractivity contribution in [2.45, 2.75) is 63.9 Å². The highest BCUT2D eigenvalue weighted by atomic mass is 32.2. The molecule has 2 aliphatic heterocycles. The number of benzene rings is 3. The number of carbonyl (C=O) groups is 3. The van der Waals surface area contributed by atoms with Crippen molar-refractivity contribution in [2.75, 3.05) is 42.0 Å². The van der Waals surface area contributed by atoms with Crippen LogP contribution in [-0.2, 0) is 30.7 Å². The standard InChI is InChI=1S/C41H45N5O7S/c1-26-14-16-29(17-15-26)54(50,51)46-19-18-35-38(46)42-21-37(43-35)45(40(49)53-41(3,4)5)24-36(47)28-20-27(2)22-44(23-28)39(48)52-25-34-32-12-8-6-10-30(32)31-11-7-9-13-33(31)34/h6-17,21,27-28,34H,18-20,22-25H2,1-5H3. The Kier molecular flexibility index (Phi) is 9.94. The van der Waals surface area contributed by atoms with Gasteiger partial charge in [0.25, 0.3) is 10.0 Å². The Morgan fingerprint density at radius 1 is 0.926 bits per heavy atom. The van der Waals surface area contributed by atoms with Gasteiger partial charge >= 0.3 is 12.2 Å². The quantitative estimate of drug-likeness (QED) is 0.191. The topological polar surface area (TPSA) is 139 Å². The van der Waals surface area contributed by atoms with Crippen LogP contribution in [-0.4, -0.2) is 79.6 Å². The molecule has 7 rings (SSSR count). The van der Waals surface area contributed by atoms with Gasteiger partial charge < -0.3 is 14.4 Å². The summed E-state index contributed by atoms with van der Waals surface area (Å²) in [6.07, 6.45) is 0.817. The van der Waals surface area contributed by atoms with E-state index in [9.17, 15) is 22.8 Å². The number of hydrogen-bond acceptors (Lipinski definition) is 9. The number of rotatable bonds is 8. The van der Waals surface area contributed by atoms with E-state index >= 15 is 0 Å². The first-order chi connectivity index (χ1) is 25.7. The highest BCUT2D eigenvalue weighted by molar-refractivity contribution is 7.92. The Hall–Kier alpha value is -5.30. The van der Waals surface area contributed by atoms with Crippen LogP contribution in [0.4, 0.5) is 21.2 Å². The molecule has 2 unspecified atom stereocenters. The van der Waals surface area contributed by atoms with Gasteiger partial charge in [-0.15, -0.1) is 0 Å². The van der Waals surface area contributed by atoms with Gasteiger partial charge in [-0.1, -0.05) is 73.2 Å². The second-order valence-corrected chi connectivity index (χ2v) is 17.3. The van der Waals surface area contributed by atoms with E-state index in [0.717, 1.165) is 32.7 Å². The van der Waals surface area contributed by atoms with Crippen LogP contribution < -0.4 is 9.21 Å². The Labute approximate surface area is 316 Å². The van der Waals surface area contributed by atoms with Crippen LogP contribution in [0.15, 0.2) is 83.9 Å². The molecular weight excluding hydrogens is 707 g/mol. The van der Waals surface area contributed by atoms with Gasteiger partial charge in [-0.25, -0.2) is 32.3 Å². The molecule has 2 amide bonds. The molecule has 0 spiro atoms. The largest absolute Gasteiger partial charge is 0.448 e. The monoisotopic (exact) mass is 751 g/mol. The predicted octanol–water partition coefficient (Wildman–Crippen LogP) is 6.75. The number of aryl methyl sites for hydroxylation is 1. The van der Waals surface area contributed by atoms with Gasteiger partial charge in [0.05, 0.1) is 23.3 Å². The molecule has 0 N–H and O–H groups in total. The first-order valence-electron chi connectivity index (χ1n) is 18.3. The van der Waals surface area contributed by atoms with Crippen molar-refractivity contribution in [3.05, 3.63) is 101 Å². The summed E-state index contributed by atoms with van der Waals surface area (Å²) in [5.41, 5.74) is 4.95. The van der Waals surface area contributed by atoms with Gasteiger partial charge in [0.1, 0.15) is 12.2 Å². The van der Waals surface area contributed by atoms with Crippen LogP contribution in [0.2, 0.25) is 0 Å². The molecule has 3 aromatic carbocycles. The van der Waals surface area contributed by atoms with E-state index in [2.05, 4.69) is 34.2 Å². The number of ether oxygens (including phenoxy) is 2. The summed E-state index contributed by atoms with van der Waals surface area (Å²) in [5, 5.41) is 0. The lowest BCUT2D eigenvalue weighted by Gasteiger charge is -2.36. The summed E-state index contributed by atoms with van der Waals surface area (Å²) >= 11 is 0. The van der Waals surface area contributed by atoms with Crippen LogP contribution >= 0.6 is 0 Å². The normalized spacial score (nSPS) is 18.1. The van der Waals surface area contributed by atoms with Crippen molar-refractivity contribution in [3.8, 4) is 11.1 Å². The van der Waals surface area contributed by atoms with Crippen molar-refractivity contribution >= 4 is 39.6 Å².